The Morgan fingerprint density at radius 1 is 1.25 bits per heavy atom. The highest BCUT2D eigenvalue weighted by atomic mass is 79.9. The van der Waals surface area contributed by atoms with Gasteiger partial charge in [0.05, 0.1) is 24.3 Å². The van der Waals surface area contributed by atoms with Gasteiger partial charge in [-0.3, -0.25) is 4.99 Å². The minimum atomic E-state index is -3.39. The fourth-order valence-electron chi connectivity index (χ4n) is 1.93. The van der Waals surface area contributed by atoms with Gasteiger partial charge in [-0.15, -0.1) is 0 Å². The Balaban J connectivity index is 1.96. The number of nitrogens with two attached hydrogens (primary N) is 1. The predicted molar refractivity (Wildman–Crippen MR) is 99.3 cm³/mol. The van der Waals surface area contributed by atoms with Crippen molar-refractivity contribution in [1.82, 2.24) is 0 Å². The van der Waals surface area contributed by atoms with E-state index in [2.05, 4.69) is 26.2 Å². The Morgan fingerprint density at radius 3 is 2.62 bits per heavy atom. The van der Waals surface area contributed by atoms with Crippen LogP contribution in [-0.4, -0.2) is 33.8 Å². The zero-order valence-electron chi connectivity index (χ0n) is 13.1. The number of sulfone groups is 1. The van der Waals surface area contributed by atoms with Crippen molar-refractivity contribution in [3.63, 3.8) is 0 Å². The van der Waals surface area contributed by atoms with Crippen LogP contribution in [0.5, 0.6) is 5.75 Å². The molecule has 0 bridgehead atoms. The maximum Gasteiger partial charge on any atom is 0.193 e. The van der Waals surface area contributed by atoms with Gasteiger partial charge in [-0.25, -0.2) is 8.42 Å². The van der Waals surface area contributed by atoms with Crippen LogP contribution < -0.4 is 15.8 Å². The largest absolute Gasteiger partial charge is 0.497 e. The smallest absolute Gasteiger partial charge is 0.193 e. The van der Waals surface area contributed by atoms with E-state index in [4.69, 9.17) is 10.5 Å². The van der Waals surface area contributed by atoms with Crippen molar-refractivity contribution in [3.8, 4) is 5.75 Å². The van der Waals surface area contributed by atoms with Gasteiger partial charge in [0.1, 0.15) is 5.75 Å². The molecule has 24 heavy (non-hydrogen) atoms. The van der Waals surface area contributed by atoms with Crippen molar-refractivity contribution in [3.05, 3.63) is 53.0 Å². The minimum Gasteiger partial charge on any atom is -0.497 e. The lowest BCUT2D eigenvalue weighted by atomic mass is 10.3. The third-order valence-corrected chi connectivity index (χ3v) is 5.40. The molecule has 0 saturated carbocycles. The van der Waals surface area contributed by atoms with Gasteiger partial charge in [0.15, 0.2) is 15.8 Å². The lowest BCUT2D eigenvalue weighted by Gasteiger charge is -2.07. The normalized spacial score (nSPS) is 12.0. The summed E-state index contributed by atoms with van der Waals surface area (Å²) in [4.78, 5) is 4.32. The van der Waals surface area contributed by atoms with E-state index >= 15 is 0 Å². The molecule has 0 radical (unpaired) electrons. The monoisotopic (exact) mass is 411 g/mol. The van der Waals surface area contributed by atoms with Crippen LogP contribution in [0, 0.1) is 0 Å². The molecule has 0 atom stereocenters. The molecule has 0 amide bonds. The summed E-state index contributed by atoms with van der Waals surface area (Å²) in [6, 6.07) is 13.7. The molecule has 0 heterocycles. The van der Waals surface area contributed by atoms with Crippen molar-refractivity contribution < 1.29 is 13.2 Å². The molecule has 6 nitrogen and oxygen atoms in total. The maximum atomic E-state index is 12.2. The molecule has 0 aromatic heterocycles. The van der Waals surface area contributed by atoms with E-state index in [1.54, 1.807) is 37.4 Å². The minimum absolute atomic E-state index is 0.0706. The molecule has 0 fully saturated rings. The SMILES string of the molecule is COc1cccc(NC(N)=NCCS(=O)(=O)c2ccc(Br)cc2)c1. The first-order chi connectivity index (χ1) is 11.4. The van der Waals surface area contributed by atoms with Crippen molar-refractivity contribution in [1.29, 1.82) is 0 Å². The lowest BCUT2D eigenvalue weighted by Crippen LogP contribution is -2.24. The summed E-state index contributed by atoms with van der Waals surface area (Å²) >= 11 is 3.28. The molecule has 0 aliphatic carbocycles. The average molecular weight is 412 g/mol. The third-order valence-electron chi connectivity index (χ3n) is 3.16. The summed E-state index contributed by atoms with van der Waals surface area (Å²) < 4.78 is 30.4. The molecule has 2 aromatic rings. The third kappa shape index (κ3) is 5.24. The number of hydrogen-bond donors (Lipinski definition) is 2. The number of methoxy groups -OCH3 is 1. The molecule has 8 heteroatoms. The van der Waals surface area contributed by atoms with Gasteiger partial charge in [0.2, 0.25) is 0 Å². The van der Waals surface area contributed by atoms with Gasteiger partial charge in [0.25, 0.3) is 0 Å². The van der Waals surface area contributed by atoms with E-state index < -0.39 is 9.84 Å². The molecule has 2 aromatic carbocycles. The van der Waals surface area contributed by atoms with E-state index in [1.807, 2.05) is 18.2 Å². The van der Waals surface area contributed by atoms with E-state index in [9.17, 15) is 8.42 Å². The second kappa shape index (κ2) is 8.16. The van der Waals surface area contributed by atoms with Crippen LogP contribution in [0.3, 0.4) is 0 Å². The summed E-state index contributed by atoms with van der Waals surface area (Å²) in [5, 5.41) is 2.90. The Morgan fingerprint density at radius 2 is 1.96 bits per heavy atom. The van der Waals surface area contributed by atoms with Gasteiger partial charge >= 0.3 is 0 Å². The van der Waals surface area contributed by atoms with Crippen LogP contribution in [0.1, 0.15) is 0 Å². The Kier molecular flexibility index (Phi) is 6.22. The molecule has 0 saturated heterocycles. The van der Waals surface area contributed by atoms with Gasteiger partial charge in [-0.1, -0.05) is 22.0 Å². The summed E-state index contributed by atoms with van der Waals surface area (Å²) in [6.07, 6.45) is 0. The van der Waals surface area contributed by atoms with Gasteiger partial charge in [-0.05, 0) is 36.4 Å². The summed E-state index contributed by atoms with van der Waals surface area (Å²) in [6.45, 7) is 0.0706. The second-order valence-electron chi connectivity index (χ2n) is 4.90. The number of hydrogen-bond acceptors (Lipinski definition) is 4. The van der Waals surface area contributed by atoms with Gasteiger partial charge in [0, 0.05) is 16.2 Å². The van der Waals surface area contributed by atoms with Crippen LogP contribution >= 0.6 is 15.9 Å². The van der Waals surface area contributed by atoms with Crippen molar-refractivity contribution in [2.24, 2.45) is 10.7 Å². The highest BCUT2D eigenvalue weighted by Gasteiger charge is 2.13. The van der Waals surface area contributed by atoms with E-state index in [0.29, 0.717) is 11.4 Å². The van der Waals surface area contributed by atoms with E-state index in [-0.39, 0.29) is 23.2 Å². The molecule has 0 unspecified atom stereocenters. The summed E-state index contributed by atoms with van der Waals surface area (Å²) in [5.41, 5.74) is 6.50. The molecule has 0 aliphatic heterocycles. The number of benzene rings is 2. The number of nitrogens with one attached hydrogen (secondary N) is 1. The first kappa shape index (κ1) is 18.3. The molecule has 0 spiro atoms. The van der Waals surface area contributed by atoms with Crippen molar-refractivity contribution >= 4 is 37.4 Å². The zero-order chi connectivity index (χ0) is 17.6. The Labute approximate surface area is 149 Å². The number of anilines is 1. The Hall–Kier alpha value is -2.06. The van der Waals surface area contributed by atoms with Crippen LogP contribution in [-0.2, 0) is 9.84 Å². The number of guanidine groups is 1. The average Bonchev–Trinajstić information content (AvgIpc) is 2.55. The van der Waals surface area contributed by atoms with Crippen LogP contribution in [0.2, 0.25) is 0 Å². The van der Waals surface area contributed by atoms with Crippen molar-refractivity contribution in [2.45, 2.75) is 4.90 Å². The number of halogens is 1. The quantitative estimate of drug-likeness (QED) is 0.562. The fourth-order valence-corrected chi connectivity index (χ4v) is 3.32. The maximum absolute atomic E-state index is 12.2. The second-order valence-corrected chi connectivity index (χ2v) is 7.92. The summed E-state index contributed by atoms with van der Waals surface area (Å²) in [7, 11) is -1.81. The standard InChI is InChI=1S/C16H18BrN3O3S/c1-23-14-4-2-3-13(11-14)20-16(18)19-9-10-24(21,22)15-7-5-12(17)6-8-15/h2-8,11H,9-10H2,1H3,(H3,18,19,20). The summed E-state index contributed by atoms with van der Waals surface area (Å²) in [5.74, 6) is 0.717. The molecule has 3 N–H and O–H groups in total. The highest BCUT2D eigenvalue weighted by Crippen LogP contribution is 2.17. The molecular formula is C16H18BrN3O3S. The van der Waals surface area contributed by atoms with Crippen LogP contribution in [0.4, 0.5) is 5.69 Å². The first-order valence-corrected chi connectivity index (χ1v) is 9.54. The van der Waals surface area contributed by atoms with Gasteiger partial charge in [-0.2, -0.15) is 0 Å². The van der Waals surface area contributed by atoms with Crippen molar-refractivity contribution in [2.75, 3.05) is 24.7 Å². The number of aliphatic imine (C=N–C) groups is 1. The number of rotatable bonds is 6. The first-order valence-electron chi connectivity index (χ1n) is 7.10. The zero-order valence-corrected chi connectivity index (χ0v) is 15.5. The molecule has 2 rings (SSSR count). The van der Waals surface area contributed by atoms with E-state index in [0.717, 1.165) is 4.47 Å². The number of nitrogens with zero attached hydrogens (tertiary/aromatic N) is 1. The topological polar surface area (TPSA) is 93.8 Å². The highest BCUT2D eigenvalue weighted by molar-refractivity contribution is 9.10. The Bertz CT molecular complexity index is 821. The molecule has 128 valence electrons. The molecular weight excluding hydrogens is 394 g/mol. The fraction of sp³-hybridized carbons (Fsp3) is 0.188. The molecule has 0 aliphatic rings. The number of ether oxygens (including phenoxy) is 1. The van der Waals surface area contributed by atoms with Crippen LogP contribution in [0.15, 0.2) is 62.9 Å². The lowest BCUT2D eigenvalue weighted by molar-refractivity contribution is 0.415. The van der Waals surface area contributed by atoms with Gasteiger partial charge < -0.3 is 15.8 Å². The van der Waals surface area contributed by atoms with Crippen LogP contribution in [0.25, 0.3) is 0 Å². The predicted octanol–water partition coefficient (Wildman–Crippen LogP) is 2.66. The van der Waals surface area contributed by atoms with E-state index in [1.165, 1.54) is 0 Å².